The van der Waals surface area contributed by atoms with Crippen LogP contribution in [0, 0.1) is 0 Å². The molecule has 0 aromatic heterocycles. The molecule has 0 saturated carbocycles. The fourth-order valence-corrected chi connectivity index (χ4v) is 3.25. The molecule has 1 heterocycles. The molecule has 0 atom stereocenters. The van der Waals surface area contributed by atoms with Crippen LogP contribution in [0.15, 0.2) is 23.8 Å². The van der Waals surface area contributed by atoms with Gasteiger partial charge in [-0.3, -0.25) is 9.63 Å². The predicted molar refractivity (Wildman–Crippen MR) is 76.6 cm³/mol. The lowest BCUT2D eigenvalue weighted by Gasteiger charge is -2.50. The van der Waals surface area contributed by atoms with Crippen molar-refractivity contribution in [2.75, 3.05) is 6.61 Å². The second-order valence-electron chi connectivity index (χ2n) is 6.84. The lowest BCUT2D eigenvalue weighted by atomic mass is 9.81. The van der Waals surface area contributed by atoms with Crippen LogP contribution >= 0.6 is 0 Å². The van der Waals surface area contributed by atoms with Gasteiger partial charge < -0.3 is 0 Å². The summed E-state index contributed by atoms with van der Waals surface area (Å²) in [6, 6.07) is 0. The maximum Gasteiger partial charge on any atom is 0.136 e. The van der Waals surface area contributed by atoms with Crippen molar-refractivity contribution in [1.82, 2.24) is 5.06 Å². The lowest BCUT2D eigenvalue weighted by molar-refractivity contribution is -0.269. The van der Waals surface area contributed by atoms with E-state index < -0.39 is 0 Å². The Labute approximate surface area is 116 Å². The van der Waals surface area contributed by atoms with Gasteiger partial charge in [0.05, 0.1) is 6.61 Å². The summed E-state index contributed by atoms with van der Waals surface area (Å²) < 4.78 is 0. The number of hydrogen-bond donors (Lipinski definition) is 0. The smallest absolute Gasteiger partial charge is 0.136 e. The molecule has 0 spiro atoms. The van der Waals surface area contributed by atoms with Crippen molar-refractivity contribution in [2.24, 2.45) is 0 Å². The molecule has 1 aliphatic heterocycles. The molecular formula is C16H25NO2. The number of hydroxylamine groups is 2. The number of Topliss-reactive ketones (excluding diaryl/α,β-unsaturated/α-hetero) is 1. The summed E-state index contributed by atoms with van der Waals surface area (Å²) in [5.41, 5.74) is 0.755. The summed E-state index contributed by atoms with van der Waals surface area (Å²) in [5.74, 6) is 0.326. The van der Waals surface area contributed by atoms with Crippen molar-refractivity contribution in [3.63, 3.8) is 0 Å². The van der Waals surface area contributed by atoms with Gasteiger partial charge in [0.15, 0.2) is 0 Å². The largest absolute Gasteiger partial charge is 0.300 e. The highest BCUT2D eigenvalue weighted by Crippen LogP contribution is 2.36. The van der Waals surface area contributed by atoms with Crippen LogP contribution in [0.3, 0.4) is 0 Å². The summed E-state index contributed by atoms with van der Waals surface area (Å²) in [6.07, 6.45) is 9.90. The molecule has 19 heavy (non-hydrogen) atoms. The Morgan fingerprint density at radius 3 is 2.32 bits per heavy atom. The quantitative estimate of drug-likeness (QED) is 0.781. The Morgan fingerprint density at radius 2 is 1.79 bits per heavy atom. The maximum atomic E-state index is 11.8. The van der Waals surface area contributed by atoms with Gasteiger partial charge in [-0.2, -0.15) is 5.06 Å². The van der Waals surface area contributed by atoms with E-state index in [-0.39, 0.29) is 11.1 Å². The molecule has 1 saturated heterocycles. The molecule has 2 aliphatic rings. The van der Waals surface area contributed by atoms with Crippen LogP contribution in [0.2, 0.25) is 0 Å². The average Bonchev–Trinajstić information content (AvgIpc) is 2.26. The second kappa shape index (κ2) is 5.22. The van der Waals surface area contributed by atoms with Crippen molar-refractivity contribution in [2.45, 2.75) is 64.5 Å². The molecule has 106 valence electrons. The molecule has 0 amide bonds. The lowest BCUT2D eigenvalue weighted by Crippen LogP contribution is -2.60. The monoisotopic (exact) mass is 263 g/mol. The second-order valence-corrected chi connectivity index (χ2v) is 6.84. The first-order valence-electron chi connectivity index (χ1n) is 7.12. The maximum absolute atomic E-state index is 11.8. The molecule has 0 radical (unpaired) electrons. The third kappa shape index (κ3) is 3.34. The molecule has 3 heteroatoms. The van der Waals surface area contributed by atoms with Crippen molar-refractivity contribution in [3.8, 4) is 0 Å². The number of nitrogens with zero attached hydrogens (tertiary/aromatic N) is 1. The minimum Gasteiger partial charge on any atom is -0.300 e. The van der Waals surface area contributed by atoms with Gasteiger partial charge in [-0.05, 0) is 46.1 Å². The van der Waals surface area contributed by atoms with Crippen LogP contribution in [-0.4, -0.2) is 28.5 Å². The van der Waals surface area contributed by atoms with Gasteiger partial charge in [-0.25, -0.2) is 0 Å². The number of carbonyl (C=O) groups is 1. The minimum atomic E-state index is -0.238. The Kier molecular flexibility index (Phi) is 3.98. The van der Waals surface area contributed by atoms with Crippen LogP contribution in [0.1, 0.15) is 53.4 Å². The van der Waals surface area contributed by atoms with Crippen molar-refractivity contribution in [3.05, 3.63) is 23.8 Å². The summed E-state index contributed by atoms with van der Waals surface area (Å²) in [5, 5.41) is 2.03. The van der Waals surface area contributed by atoms with E-state index in [2.05, 4.69) is 45.9 Å². The Hall–Kier alpha value is -0.930. The van der Waals surface area contributed by atoms with Gasteiger partial charge >= 0.3 is 0 Å². The van der Waals surface area contributed by atoms with E-state index in [1.54, 1.807) is 0 Å². The van der Waals surface area contributed by atoms with Gasteiger partial charge in [0, 0.05) is 23.9 Å². The topological polar surface area (TPSA) is 29.5 Å². The molecule has 0 aromatic carbocycles. The SMILES string of the molecule is CC1(C)CC(=O)CC(C)(C)N1OCC1=CCCC=C1. The zero-order valence-corrected chi connectivity index (χ0v) is 12.5. The normalized spacial score (nSPS) is 26.3. The molecule has 0 N–H and O–H groups in total. The number of ketones is 1. The van der Waals surface area contributed by atoms with Gasteiger partial charge in [0.25, 0.3) is 0 Å². The van der Waals surface area contributed by atoms with Crippen LogP contribution in [0.4, 0.5) is 0 Å². The number of carbonyl (C=O) groups excluding carboxylic acids is 1. The van der Waals surface area contributed by atoms with Gasteiger partial charge in [0.1, 0.15) is 5.78 Å². The van der Waals surface area contributed by atoms with Crippen LogP contribution in [-0.2, 0) is 9.63 Å². The van der Waals surface area contributed by atoms with Gasteiger partial charge in [-0.1, -0.05) is 18.2 Å². The summed E-state index contributed by atoms with van der Waals surface area (Å²) in [6.45, 7) is 8.92. The van der Waals surface area contributed by atoms with E-state index in [9.17, 15) is 4.79 Å². The van der Waals surface area contributed by atoms with E-state index >= 15 is 0 Å². The third-order valence-corrected chi connectivity index (χ3v) is 3.79. The molecular weight excluding hydrogens is 238 g/mol. The molecule has 0 bridgehead atoms. The van der Waals surface area contributed by atoms with E-state index in [0.717, 1.165) is 12.8 Å². The van der Waals surface area contributed by atoms with Crippen LogP contribution < -0.4 is 0 Å². The van der Waals surface area contributed by atoms with Gasteiger partial charge in [0.2, 0.25) is 0 Å². The van der Waals surface area contributed by atoms with E-state index in [1.807, 2.05) is 5.06 Å². The Morgan fingerprint density at radius 1 is 1.16 bits per heavy atom. The van der Waals surface area contributed by atoms with E-state index in [1.165, 1.54) is 5.57 Å². The van der Waals surface area contributed by atoms with Crippen molar-refractivity contribution >= 4 is 5.78 Å². The molecule has 2 rings (SSSR count). The number of allylic oxidation sites excluding steroid dienone is 2. The highest BCUT2D eigenvalue weighted by atomic mass is 16.7. The summed E-state index contributed by atoms with van der Waals surface area (Å²) in [4.78, 5) is 17.9. The highest BCUT2D eigenvalue weighted by molar-refractivity contribution is 5.81. The Balaban J connectivity index is 2.06. The molecule has 1 fully saturated rings. The first-order valence-corrected chi connectivity index (χ1v) is 7.12. The first-order chi connectivity index (χ1) is 8.81. The highest BCUT2D eigenvalue weighted by Gasteiger charge is 2.46. The van der Waals surface area contributed by atoms with E-state index in [0.29, 0.717) is 25.2 Å². The summed E-state index contributed by atoms with van der Waals surface area (Å²) in [7, 11) is 0. The number of rotatable bonds is 3. The fourth-order valence-electron chi connectivity index (χ4n) is 3.25. The predicted octanol–water partition coefficient (Wildman–Crippen LogP) is 3.42. The van der Waals surface area contributed by atoms with Crippen LogP contribution in [0.25, 0.3) is 0 Å². The van der Waals surface area contributed by atoms with Crippen molar-refractivity contribution < 1.29 is 9.63 Å². The number of piperidine rings is 1. The average molecular weight is 263 g/mol. The minimum absolute atomic E-state index is 0.238. The molecule has 3 nitrogen and oxygen atoms in total. The fraction of sp³-hybridized carbons (Fsp3) is 0.688. The standard InChI is InChI=1S/C16H25NO2/c1-15(2)10-14(18)11-16(3,4)17(15)19-12-13-8-6-5-7-9-13/h6,8-9H,5,7,10-12H2,1-4H3. The summed E-state index contributed by atoms with van der Waals surface area (Å²) >= 11 is 0. The number of hydrogen-bond acceptors (Lipinski definition) is 3. The molecule has 1 aliphatic carbocycles. The Bertz CT molecular complexity index is 398. The van der Waals surface area contributed by atoms with Crippen molar-refractivity contribution in [1.29, 1.82) is 0 Å². The third-order valence-electron chi connectivity index (χ3n) is 3.79. The van der Waals surface area contributed by atoms with Gasteiger partial charge in [-0.15, -0.1) is 0 Å². The zero-order chi connectivity index (χ0) is 14.1. The first kappa shape index (κ1) is 14.5. The van der Waals surface area contributed by atoms with Crippen LogP contribution in [0.5, 0.6) is 0 Å². The van der Waals surface area contributed by atoms with E-state index in [4.69, 9.17) is 4.84 Å². The molecule has 0 unspecified atom stereocenters. The zero-order valence-electron chi connectivity index (χ0n) is 12.5. The molecule has 0 aromatic rings.